The largest absolute Gasteiger partial charge is 0.490 e. The Balaban J connectivity index is 1.41. The average molecular weight is 424 g/mol. The summed E-state index contributed by atoms with van der Waals surface area (Å²) in [6, 6.07) is 14.6. The lowest BCUT2D eigenvalue weighted by Crippen LogP contribution is -2.38. The fourth-order valence-electron chi connectivity index (χ4n) is 2.92. The summed E-state index contributed by atoms with van der Waals surface area (Å²) < 4.78 is 11.3. The number of fused-ring (bicyclic) bond motifs is 1. The number of para-hydroxylation sites is 1. The second-order valence-electron chi connectivity index (χ2n) is 6.52. The Kier molecular flexibility index (Phi) is 5.54. The molecule has 0 atom stereocenters. The highest BCUT2D eigenvalue weighted by Gasteiger charge is 2.34. The molecular weight excluding hydrogens is 406 g/mol. The van der Waals surface area contributed by atoms with E-state index in [1.165, 1.54) is 5.06 Å². The highest BCUT2D eigenvalue weighted by molar-refractivity contribution is 6.33. The predicted octanol–water partition coefficient (Wildman–Crippen LogP) is 4.25. The third-order valence-electron chi connectivity index (χ3n) is 4.30. The molecule has 1 N–H and O–H groups in total. The van der Waals surface area contributed by atoms with E-state index in [4.69, 9.17) is 31.3 Å². The van der Waals surface area contributed by atoms with E-state index in [1.807, 2.05) is 30.3 Å². The highest BCUT2D eigenvalue weighted by Crippen LogP contribution is 2.28. The monoisotopic (exact) mass is 423 g/mol. The molecule has 2 aliphatic rings. The van der Waals surface area contributed by atoms with Crippen LogP contribution in [0.2, 0.25) is 5.02 Å². The summed E-state index contributed by atoms with van der Waals surface area (Å²) in [7, 11) is 0. The van der Waals surface area contributed by atoms with Crippen LogP contribution < -0.4 is 9.47 Å². The zero-order valence-electron chi connectivity index (χ0n) is 16.1. The van der Waals surface area contributed by atoms with Crippen LogP contribution in [-0.4, -0.2) is 35.9 Å². The molecule has 2 aromatic carbocycles. The minimum absolute atomic E-state index is 0.0763. The molecule has 152 valence electrons. The Morgan fingerprint density at radius 2 is 1.93 bits per heavy atom. The van der Waals surface area contributed by atoms with Crippen molar-refractivity contribution in [2.75, 3.05) is 13.2 Å². The van der Waals surface area contributed by atoms with Gasteiger partial charge in [-0.15, -0.1) is 5.06 Å². The van der Waals surface area contributed by atoms with Crippen LogP contribution >= 0.6 is 11.6 Å². The minimum atomic E-state index is -0.504. The zero-order valence-corrected chi connectivity index (χ0v) is 16.8. The van der Waals surface area contributed by atoms with Gasteiger partial charge in [0.05, 0.1) is 10.6 Å². The van der Waals surface area contributed by atoms with E-state index < -0.39 is 5.91 Å². The van der Waals surface area contributed by atoms with E-state index in [0.717, 1.165) is 5.75 Å². The molecule has 0 radical (unpaired) electrons. The van der Waals surface area contributed by atoms with Crippen molar-refractivity contribution in [2.24, 2.45) is 4.99 Å². The molecule has 0 saturated heterocycles. The number of amides is 1. The topological polar surface area (TPSA) is 84.2 Å². The maximum Gasteiger partial charge on any atom is 0.282 e. The first-order chi connectivity index (χ1) is 14.5. The number of nitrogens with one attached hydrogen (secondary N) is 1. The SMILES string of the molecule is CC1=CC2=NC(=O)/C(=C/c3ccc(OCCOc4ccccc4)c(Cl)c3)C(=N)N2O1. The summed E-state index contributed by atoms with van der Waals surface area (Å²) in [6.45, 7) is 2.43. The Morgan fingerprint density at radius 1 is 1.17 bits per heavy atom. The maximum absolute atomic E-state index is 12.3. The molecule has 2 aliphatic heterocycles. The lowest BCUT2D eigenvalue weighted by molar-refractivity contribution is -0.114. The summed E-state index contributed by atoms with van der Waals surface area (Å²) in [5.74, 6) is 1.56. The van der Waals surface area contributed by atoms with Gasteiger partial charge in [-0.25, -0.2) is 0 Å². The minimum Gasteiger partial charge on any atom is -0.490 e. The number of nitrogens with zero attached hydrogens (tertiary/aromatic N) is 2. The number of allylic oxidation sites excluding steroid dienone is 1. The summed E-state index contributed by atoms with van der Waals surface area (Å²) in [4.78, 5) is 21.7. The summed E-state index contributed by atoms with van der Waals surface area (Å²) in [5, 5.41) is 9.85. The van der Waals surface area contributed by atoms with Gasteiger partial charge in [0.1, 0.15) is 30.5 Å². The van der Waals surface area contributed by atoms with Crippen molar-refractivity contribution in [3.05, 3.63) is 76.5 Å². The standard InChI is InChI=1S/C22H18ClN3O4/c1-14-11-20-25-22(27)17(21(24)26(20)30-14)12-15-7-8-19(18(23)13-15)29-10-9-28-16-5-3-2-4-6-16/h2-8,11-13,24H,9-10H2,1H3/b17-12+,24-21?. The van der Waals surface area contributed by atoms with Crippen molar-refractivity contribution in [1.29, 1.82) is 5.41 Å². The molecule has 4 rings (SSSR count). The smallest absolute Gasteiger partial charge is 0.282 e. The molecule has 0 bridgehead atoms. The third kappa shape index (κ3) is 4.21. The van der Waals surface area contributed by atoms with E-state index >= 15 is 0 Å². The normalized spacial score (nSPS) is 16.7. The summed E-state index contributed by atoms with van der Waals surface area (Å²) >= 11 is 6.32. The number of hydrogen-bond donors (Lipinski definition) is 1. The molecule has 0 aliphatic carbocycles. The number of rotatable bonds is 6. The highest BCUT2D eigenvalue weighted by atomic mass is 35.5. The van der Waals surface area contributed by atoms with Crippen molar-refractivity contribution in [1.82, 2.24) is 5.06 Å². The predicted molar refractivity (Wildman–Crippen MR) is 114 cm³/mol. The number of hydroxylamine groups is 2. The number of halogens is 1. The molecule has 0 aromatic heterocycles. The number of benzene rings is 2. The molecule has 0 fully saturated rings. The molecule has 0 spiro atoms. The van der Waals surface area contributed by atoms with Crippen LogP contribution in [0.25, 0.3) is 6.08 Å². The molecular formula is C22H18ClN3O4. The first-order valence-electron chi connectivity index (χ1n) is 9.21. The van der Waals surface area contributed by atoms with Gasteiger partial charge in [0, 0.05) is 6.08 Å². The van der Waals surface area contributed by atoms with E-state index in [1.54, 1.807) is 37.3 Å². The van der Waals surface area contributed by atoms with Gasteiger partial charge in [-0.05, 0) is 42.8 Å². The number of hydrogen-bond acceptors (Lipinski definition) is 5. The van der Waals surface area contributed by atoms with Crippen LogP contribution in [0.5, 0.6) is 11.5 Å². The van der Waals surface area contributed by atoms with Crippen molar-refractivity contribution < 1.29 is 19.1 Å². The van der Waals surface area contributed by atoms with Crippen LogP contribution in [0.4, 0.5) is 0 Å². The first kappa shape index (κ1) is 19.7. The maximum atomic E-state index is 12.3. The Morgan fingerprint density at radius 3 is 2.70 bits per heavy atom. The van der Waals surface area contributed by atoms with Crippen molar-refractivity contribution >= 4 is 35.3 Å². The number of carbonyl (C=O) groups is 1. The molecule has 8 heteroatoms. The quantitative estimate of drug-likeness (QED) is 0.554. The molecule has 7 nitrogen and oxygen atoms in total. The van der Waals surface area contributed by atoms with E-state index in [0.29, 0.717) is 41.1 Å². The van der Waals surface area contributed by atoms with Gasteiger partial charge >= 0.3 is 0 Å². The van der Waals surface area contributed by atoms with Gasteiger partial charge in [-0.1, -0.05) is 35.9 Å². The lowest BCUT2D eigenvalue weighted by Gasteiger charge is -2.23. The van der Waals surface area contributed by atoms with Crippen molar-refractivity contribution in [2.45, 2.75) is 6.92 Å². The van der Waals surface area contributed by atoms with Gasteiger partial charge in [0.2, 0.25) is 0 Å². The third-order valence-corrected chi connectivity index (χ3v) is 4.60. The van der Waals surface area contributed by atoms with Crippen LogP contribution in [-0.2, 0) is 9.63 Å². The average Bonchev–Trinajstić information content (AvgIpc) is 3.11. The fraction of sp³-hybridized carbons (Fsp3) is 0.136. The van der Waals surface area contributed by atoms with Crippen LogP contribution in [0, 0.1) is 5.41 Å². The number of ether oxygens (including phenoxy) is 2. The van der Waals surface area contributed by atoms with Gasteiger partial charge < -0.3 is 14.3 Å². The van der Waals surface area contributed by atoms with Crippen molar-refractivity contribution in [3.8, 4) is 11.5 Å². The molecule has 30 heavy (non-hydrogen) atoms. The van der Waals surface area contributed by atoms with Crippen molar-refractivity contribution in [3.63, 3.8) is 0 Å². The van der Waals surface area contributed by atoms with E-state index in [9.17, 15) is 4.79 Å². The van der Waals surface area contributed by atoms with Gasteiger partial charge in [0.15, 0.2) is 11.7 Å². The lowest BCUT2D eigenvalue weighted by atomic mass is 10.1. The van der Waals surface area contributed by atoms with Gasteiger partial charge in [0.25, 0.3) is 5.91 Å². The number of carbonyl (C=O) groups excluding carboxylic acids is 1. The van der Waals surface area contributed by atoms with E-state index in [2.05, 4.69) is 4.99 Å². The summed E-state index contributed by atoms with van der Waals surface area (Å²) in [6.07, 6.45) is 3.16. The van der Waals surface area contributed by atoms with E-state index in [-0.39, 0.29) is 11.4 Å². The first-order valence-corrected chi connectivity index (χ1v) is 9.59. The van der Waals surface area contributed by atoms with Crippen LogP contribution in [0.15, 0.2) is 70.9 Å². The Labute approximate surface area is 178 Å². The summed E-state index contributed by atoms with van der Waals surface area (Å²) in [5.41, 5.74) is 0.756. The number of aliphatic imine (C=N–C) groups is 1. The van der Waals surface area contributed by atoms with Gasteiger partial charge in [-0.2, -0.15) is 4.99 Å². The Hall–Kier alpha value is -3.58. The van der Waals surface area contributed by atoms with Crippen LogP contribution in [0.1, 0.15) is 12.5 Å². The molecule has 2 aromatic rings. The molecule has 2 heterocycles. The second kappa shape index (κ2) is 8.42. The fourth-order valence-corrected chi connectivity index (χ4v) is 3.16. The van der Waals surface area contributed by atoms with Crippen LogP contribution in [0.3, 0.4) is 0 Å². The van der Waals surface area contributed by atoms with Gasteiger partial charge in [-0.3, -0.25) is 10.2 Å². The molecule has 0 saturated carbocycles. The molecule has 1 amide bonds. The Bertz CT molecular complexity index is 1090. The molecule has 0 unspecified atom stereocenters. The second-order valence-corrected chi connectivity index (χ2v) is 6.93. The number of amidine groups is 2. The zero-order chi connectivity index (χ0) is 21.1.